The minimum Gasteiger partial charge on any atom is -0.355 e. The van der Waals surface area contributed by atoms with Gasteiger partial charge in [-0.25, -0.2) is 13.4 Å². The van der Waals surface area contributed by atoms with Crippen molar-refractivity contribution in [1.82, 2.24) is 19.2 Å². The number of fused-ring (bicyclic) bond motifs is 1. The number of carbonyl (C=O) groups is 1. The van der Waals surface area contributed by atoms with Crippen molar-refractivity contribution < 1.29 is 13.2 Å². The van der Waals surface area contributed by atoms with Gasteiger partial charge in [-0.1, -0.05) is 12.1 Å². The maximum atomic E-state index is 12.9. The molecule has 7 nitrogen and oxygen atoms in total. The van der Waals surface area contributed by atoms with Gasteiger partial charge < -0.3 is 9.88 Å². The van der Waals surface area contributed by atoms with E-state index in [2.05, 4.69) is 30.8 Å². The summed E-state index contributed by atoms with van der Waals surface area (Å²) < 4.78 is 30.2. The predicted octanol–water partition coefficient (Wildman–Crippen LogP) is 3.22. The van der Waals surface area contributed by atoms with E-state index in [4.69, 9.17) is 0 Å². The second-order valence-electron chi connectivity index (χ2n) is 6.90. The van der Waals surface area contributed by atoms with E-state index in [1.165, 1.54) is 4.31 Å². The third-order valence-electron chi connectivity index (χ3n) is 5.02. The van der Waals surface area contributed by atoms with E-state index in [1.54, 1.807) is 18.5 Å². The molecule has 1 aliphatic heterocycles. The molecule has 3 aromatic rings. The fourth-order valence-corrected chi connectivity index (χ4v) is 7.40. The van der Waals surface area contributed by atoms with Crippen LogP contribution < -0.4 is 5.32 Å². The molecule has 1 saturated heterocycles. The molecule has 2 aromatic heterocycles. The smallest absolute Gasteiger partial charge is 0.253 e. The van der Waals surface area contributed by atoms with E-state index in [-0.39, 0.29) is 10.1 Å². The Bertz CT molecular complexity index is 1130. The second kappa shape index (κ2) is 8.55. The Labute approximate surface area is 181 Å². The van der Waals surface area contributed by atoms with Gasteiger partial charge in [0.2, 0.25) is 5.91 Å². The molecular weight excluding hydrogens is 476 g/mol. The summed E-state index contributed by atoms with van der Waals surface area (Å²) in [5.41, 5.74) is 2.01. The molecule has 29 heavy (non-hydrogen) atoms. The van der Waals surface area contributed by atoms with E-state index >= 15 is 0 Å². The quantitative estimate of drug-likeness (QED) is 0.508. The largest absolute Gasteiger partial charge is 0.355 e. The summed E-state index contributed by atoms with van der Waals surface area (Å²) in [6.45, 7) is 1.59. The number of imidazole rings is 1. The molecule has 1 fully saturated rings. The van der Waals surface area contributed by atoms with Gasteiger partial charge >= 0.3 is 0 Å². The van der Waals surface area contributed by atoms with Crippen molar-refractivity contribution in [2.24, 2.45) is 0 Å². The van der Waals surface area contributed by atoms with E-state index < -0.39 is 16.1 Å². The zero-order chi connectivity index (χ0) is 20.4. The summed E-state index contributed by atoms with van der Waals surface area (Å²) in [6, 6.07) is 10.6. The van der Waals surface area contributed by atoms with Crippen LogP contribution >= 0.6 is 27.3 Å². The standard InChI is InChI=1S/C19H21BrN4O3S2/c20-17-8-9-18(28-17)29(26,27)24-12-3-7-16(24)19(25)21-10-4-11-23-13-22-14-5-1-2-6-15(14)23/h1-2,5-6,8-9,13,16H,3-4,7,10-12H2,(H,21,25)/t16-/m1/s1. The van der Waals surface area contributed by atoms with Crippen LogP contribution in [0.2, 0.25) is 0 Å². The van der Waals surface area contributed by atoms with Crippen molar-refractivity contribution in [2.45, 2.75) is 36.1 Å². The monoisotopic (exact) mass is 496 g/mol. The number of amides is 1. The Morgan fingerprint density at radius 3 is 2.90 bits per heavy atom. The summed E-state index contributed by atoms with van der Waals surface area (Å²) in [4.78, 5) is 17.0. The van der Waals surface area contributed by atoms with Crippen LogP contribution in [-0.2, 0) is 21.4 Å². The minimum absolute atomic E-state index is 0.225. The summed E-state index contributed by atoms with van der Waals surface area (Å²) in [5.74, 6) is -0.225. The maximum absolute atomic E-state index is 12.9. The zero-order valence-corrected chi connectivity index (χ0v) is 18.8. The summed E-state index contributed by atoms with van der Waals surface area (Å²) >= 11 is 4.46. The van der Waals surface area contributed by atoms with Crippen molar-refractivity contribution in [2.75, 3.05) is 13.1 Å². The molecule has 3 heterocycles. The Morgan fingerprint density at radius 2 is 2.10 bits per heavy atom. The van der Waals surface area contributed by atoms with Crippen LogP contribution in [0.15, 0.2) is 50.7 Å². The summed E-state index contributed by atoms with van der Waals surface area (Å²) in [6.07, 6.45) is 3.77. The highest BCUT2D eigenvalue weighted by Crippen LogP contribution is 2.32. The molecule has 1 aliphatic rings. The van der Waals surface area contributed by atoms with Crippen molar-refractivity contribution >= 4 is 54.2 Å². The average Bonchev–Trinajstić information content (AvgIpc) is 3.44. The number of para-hydroxylation sites is 2. The molecule has 10 heteroatoms. The van der Waals surface area contributed by atoms with Crippen LogP contribution in [0.4, 0.5) is 0 Å². The van der Waals surface area contributed by atoms with Gasteiger partial charge in [-0.15, -0.1) is 11.3 Å². The Balaban J connectivity index is 1.34. The number of nitrogens with one attached hydrogen (secondary N) is 1. The molecule has 0 spiro atoms. The number of hydrogen-bond acceptors (Lipinski definition) is 5. The first kappa shape index (κ1) is 20.5. The van der Waals surface area contributed by atoms with Gasteiger partial charge in [0.25, 0.3) is 10.0 Å². The van der Waals surface area contributed by atoms with Crippen molar-refractivity contribution in [3.63, 3.8) is 0 Å². The van der Waals surface area contributed by atoms with Gasteiger partial charge in [0, 0.05) is 19.6 Å². The van der Waals surface area contributed by atoms with Gasteiger partial charge in [0.15, 0.2) is 0 Å². The number of hydrogen-bond donors (Lipinski definition) is 1. The molecule has 1 aromatic carbocycles. The number of benzene rings is 1. The number of thiophene rings is 1. The van der Waals surface area contributed by atoms with E-state index in [1.807, 2.05) is 24.3 Å². The Kier molecular flexibility index (Phi) is 6.05. The Hall–Kier alpha value is -1.75. The second-order valence-corrected chi connectivity index (χ2v) is 11.5. The van der Waals surface area contributed by atoms with Crippen LogP contribution in [0, 0.1) is 0 Å². The molecule has 154 valence electrons. The summed E-state index contributed by atoms with van der Waals surface area (Å²) in [7, 11) is -3.65. The fourth-order valence-electron chi connectivity index (χ4n) is 3.61. The molecule has 1 N–H and O–H groups in total. The van der Waals surface area contributed by atoms with E-state index in [0.29, 0.717) is 25.9 Å². The number of nitrogens with zero attached hydrogens (tertiary/aromatic N) is 3. The fraction of sp³-hybridized carbons (Fsp3) is 0.368. The lowest BCUT2D eigenvalue weighted by atomic mass is 10.2. The highest BCUT2D eigenvalue weighted by atomic mass is 79.9. The van der Waals surface area contributed by atoms with Gasteiger partial charge in [-0.2, -0.15) is 4.31 Å². The molecule has 0 unspecified atom stereocenters. The van der Waals surface area contributed by atoms with E-state index in [9.17, 15) is 13.2 Å². The number of aromatic nitrogens is 2. The molecule has 0 radical (unpaired) electrons. The Morgan fingerprint density at radius 1 is 1.28 bits per heavy atom. The molecule has 1 amide bonds. The van der Waals surface area contributed by atoms with Gasteiger partial charge in [0.05, 0.1) is 21.1 Å². The van der Waals surface area contributed by atoms with Gasteiger partial charge in [-0.05, 0) is 59.5 Å². The number of carbonyl (C=O) groups excluding carboxylic acids is 1. The lowest BCUT2D eigenvalue weighted by molar-refractivity contribution is -0.124. The predicted molar refractivity (Wildman–Crippen MR) is 116 cm³/mol. The van der Waals surface area contributed by atoms with Crippen LogP contribution in [0.1, 0.15) is 19.3 Å². The number of aryl methyl sites for hydroxylation is 1. The topological polar surface area (TPSA) is 84.3 Å². The molecule has 0 bridgehead atoms. The SMILES string of the molecule is O=C(NCCCn1cnc2ccccc21)[C@H]1CCCN1S(=O)(=O)c1ccc(Br)s1. The van der Waals surface area contributed by atoms with Crippen LogP contribution in [-0.4, -0.2) is 47.3 Å². The van der Waals surface area contributed by atoms with Crippen LogP contribution in [0.3, 0.4) is 0 Å². The number of halogens is 1. The minimum atomic E-state index is -3.65. The highest BCUT2D eigenvalue weighted by Gasteiger charge is 2.39. The van der Waals surface area contributed by atoms with Crippen LogP contribution in [0.25, 0.3) is 11.0 Å². The first-order valence-electron chi connectivity index (χ1n) is 9.41. The third kappa shape index (κ3) is 4.25. The molecule has 0 saturated carbocycles. The summed E-state index contributed by atoms with van der Waals surface area (Å²) in [5, 5.41) is 2.91. The molecule has 0 aliphatic carbocycles. The van der Waals surface area contributed by atoms with Crippen molar-refractivity contribution in [1.29, 1.82) is 0 Å². The van der Waals surface area contributed by atoms with Crippen LogP contribution in [0.5, 0.6) is 0 Å². The molecular formula is C19H21BrN4O3S2. The first-order valence-corrected chi connectivity index (χ1v) is 12.5. The van der Waals surface area contributed by atoms with Crippen molar-refractivity contribution in [3.8, 4) is 0 Å². The lowest BCUT2D eigenvalue weighted by Gasteiger charge is -2.22. The highest BCUT2D eigenvalue weighted by molar-refractivity contribution is 9.11. The van der Waals surface area contributed by atoms with E-state index in [0.717, 1.165) is 39.1 Å². The third-order valence-corrected chi connectivity index (χ3v) is 9.02. The average molecular weight is 497 g/mol. The maximum Gasteiger partial charge on any atom is 0.253 e. The van der Waals surface area contributed by atoms with Gasteiger partial charge in [0.1, 0.15) is 10.3 Å². The normalized spacial score (nSPS) is 17.8. The lowest BCUT2D eigenvalue weighted by Crippen LogP contribution is -2.46. The first-order chi connectivity index (χ1) is 14.0. The molecule has 1 atom stereocenters. The molecule has 4 rings (SSSR count). The van der Waals surface area contributed by atoms with Crippen molar-refractivity contribution in [3.05, 3.63) is 46.5 Å². The zero-order valence-electron chi connectivity index (χ0n) is 15.6. The number of sulfonamides is 1. The van der Waals surface area contributed by atoms with Gasteiger partial charge in [-0.3, -0.25) is 4.79 Å². The number of rotatable bonds is 7.